The van der Waals surface area contributed by atoms with Crippen LogP contribution in [0.5, 0.6) is 5.75 Å². The van der Waals surface area contributed by atoms with Crippen molar-refractivity contribution in [3.63, 3.8) is 0 Å². The average molecular weight is 347 g/mol. The molecule has 1 aliphatic carbocycles. The van der Waals surface area contributed by atoms with Crippen molar-refractivity contribution in [1.82, 2.24) is 0 Å². The number of aliphatic hydroxyl groups excluding tert-OH is 1. The topological polar surface area (TPSA) is 29.5 Å². The Hall–Kier alpha value is -1.32. The normalized spacial score (nSPS) is 14.9. The fraction of sp³-hybridized carbons (Fsp3) is 0.333. The highest BCUT2D eigenvalue weighted by Crippen LogP contribution is 2.35. The Bertz CT molecular complexity index is 679. The van der Waals surface area contributed by atoms with Gasteiger partial charge in [0.05, 0.1) is 7.11 Å². The summed E-state index contributed by atoms with van der Waals surface area (Å²) < 4.78 is 6.42. The molecule has 2 aromatic carbocycles. The summed E-state index contributed by atoms with van der Waals surface area (Å²) in [6.07, 6.45) is 2.83. The number of ether oxygens (including phenoxy) is 1. The fourth-order valence-electron chi connectivity index (χ4n) is 3.00. The van der Waals surface area contributed by atoms with Crippen molar-refractivity contribution in [1.29, 1.82) is 0 Å². The van der Waals surface area contributed by atoms with E-state index in [1.807, 2.05) is 25.1 Å². The second-order valence-electron chi connectivity index (χ2n) is 5.63. The molecule has 0 bridgehead atoms. The maximum Gasteiger partial charge on any atom is 0.125 e. The van der Waals surface area contributed by atoms with E-state index in [0.717, 1.165) is 39.8 Å². The average Bonchev–Trinajstić information content (AvgIpc) is 2.96. The van der Waals surface area contributed by atoms with E-state index in [9.17, 15) is 5.11 Å². The molecule has 110 valence electrons. The zero-order chi connectivity index (χ0) is 15.0. The highest BCUT2D eigenvalue weighted by Gasteiger charge is 2.19. The molecule has 2 nitrogen and oxygen atoms in total. The lowest BCUT2D eigenvalue weighted by atomic mass is 9.96. The molecule has 2 aromatic rings. The predicted octanol–water partition coefficient (Wildman–Crippen LogP) is 4.34. The molecule has 1 aliphatic rings. The lowest BCUT2D eigenvalue weighted by Crippen LogP contribution is -2.04. The number of methoxy groups -OCH3 is 1. The number of benzene rings is 2. The van der Waals surface area contributed by atoms with Gasteiger partial charge < -0.3 is 9.84 Å². The van der Waals surface area contributed by atoms with E-state index in [0.29, 0.717) is 0 Å². The van der Waals surface area contributed by atoms with Crippen LogP contribution in [0.3, 0.4) is 0 Å². The molecule has 0 saturated carbocycles. The summed E-state index contributed by atoms with van der Waals surface area (Å²) in [7, 11) is 1.64. The number of aryl methyl sites for hydroxylation is 3. The maximum atomic E-state index is 10.7. The lowest BCUT2D eigenvalue weighted by molar-refractivity contribution is 0.214. The molecular formula is C18H19BrO2. The number of halogens is 1. The van der Waals surface area contributed by atoms with Gasteiger partial charge in [-0.1, -0.05) is 34.1 Å². The molecule has 1 unspecified atom stereocenters. The van der Waals surface area contributed by atoms with E-state index in [4.69, 9.17) is 4.74 Å². The van der Waals surface area contributed by atoms with Crippen LogP contribution in [-0.4, -0.2) is 12.2 Å². The Balaban J connectivity index is 2.02. The predicted molar refractivity (Wildman–Crippen MR) is 88.0 cm³/mol. The minimum atomic E-state index is -0.664. The molecule has 3 heteroatoms. The van der Waals surface area contributed by atoms with Crippen molar-refractivity contribution in [3.8, 4) is 5.75 Å². The number of rotatable bonds is 3. The first kappa shape index (κ1) is 14.6. The largest absolute Gasteiger partial charge is 0.496 e. The third kappa shape index (κ3) is 2.72. The van der Waals surface area contributed by atoms with Gasteiger partial charge in [0.1, 0.15) is 11.9 Å². The molecule has 0 fully saturated rings. The van der Waals surface area contributed by atoms with Gasteiger partial charge in [0.15, 0.2) is 0 Å². The minimum Gasteiger partial charge on any atom is -0.496 e. The van der Waals surface area contributed by atoms with Gasteiger partial charge in [-0.25, -0.2) is 0 Å². The molecule has 0 amide bonds. The first-order valence-electron chi connectivity index (χ1n) is 7.24. The van der Waals surface area contributed by atoms with E-state index < -0.39 is 6.10 Å². The molecule has 0 saturated heterocycles. The van der Waals surface area contributed by atoms with Crippen molar-refractivity contribution in [2.24, 2.45) is 0 Å². The van der Waals surface area contributed by atoms with E-state index in [1.54, 1.807) is 7.11 Å². The van der Waals surface area contributed by atoms with E-state index in [2.05, 4.69) is 28.1 Å². The van der Waals surface area contributed by atoms with Crippen molar-refractivity contribution in [2.45, 2.75) is 32.3 Å². The number of hydrogen-bond acceptors (Lipinski definition) is 2. The van der Waals surface area contributed by atoms with Gasteiger partial charge in [0, 0.05) is 10.0 Å². The summed E-state index contributed by atoms with van der Waals surface area (Å²) in [6.45, 7) is 2.01. The monoisotopic (exact) mass is 346 g/mol. The maximum absolute atomic E-state index is 10.7. The zero-order valence-electron chi connectivity index (χ0n) is 12.3. The van der Waals surface area contributed by atoms with Crippen molar-refractivity contribution in [2.75, 3.05) is 7.11 Å². The molecule has 0 aromatic heterocycles. The van der Waals surface area contributed by atoms with Crippen LogP contribution < -0.4 is 4.74 Å². The molecule has 0 radical (unpaired) electrons. The van der Waals surface area contributed by atoms with E-state index in [1.165, 1.54) is 17.5 Å². The second kappa shape index (κ2) is 5.82. The molecule has 1 atom stereocenters. The van der Waals surface area contributed by atoms with Crippen molar-refractivity contribution < 1.29 is 9.84 Å². The van der Waals surface area contributed by atoms with E-state index in [-0.39, 0.29) is 0 Å². The molecular weight excluding hydrogens is 328 g/mol. The summed E-state index contributed by atoms with van der Waals surface area (Å²) in [4.78, 5) is 0. The Labute approximate surface area is 133 Å². The van der Waals surface area contributed by atoms with Gasteiger partial charge in [-0.15, -0.1) is 0 Å². The standard InChI is InChI=1S/C18H19BrO2/c1-11-8-17(21-2)15(10-16(11)19)18(20)14-7-6-12-4-3-5-13(12)9-14/h6-10,18,20H,3-5H2,1-2H3. The molecule has 0 spiro atoms. The highest BCUT2D eigenvalue weighted by molar-refractivity contribution is 9.10. The van der Waals surface area contributed by atoms with Gasteiger partial charge in [-0.2, -0.15) is 0 Å². The second-order valence-corrected chi connectivity index (χ2v) is 6.48. The third-order valence-electron chi connectivity index (χ3n) is 4.24. The minimum absolute atomic E-state index is 0.664. The van der Waals surface area contributed by atoms with Gasteiger partial charge in [0.2, 0.25) is 0 Å². The van der Waals surface area contributed by atoms with Crippen molar-refractivity contribution >= 4 is 15.9 Å². The Morgan fingerprint density at radius 1 is 1.14 bits per heavy atom. The fourth-order valence-corrected chi connectivity index (χ4v) is 3.36. The SMILES string of the molecule is COc1cc(C)c(Br)cc1C(O)c1ccc2c(c1)CCC2. The Kier molecular flexibility index (Phi) is 4.05. The highest BCUT2D eigenvalue weighted by atomic mass is 79.9. The quantitative estimate of drug-likeness (QED) is 0.895. The van der Waals surface area contributed by atoms with E-state index >= 15 is 0 Å². The van der Waals surface area contributed by atoms with Crippen LogP contribution in [0.4, 0.5) is 0 Å². The Morgan fingerprint density at radius 2 is 1.90 bits per heavy atom. The summed E-state index contributed by atoms with van der Waals surface area (Å²) in [6, 6.07) is 10.2. The number of hydrogen-bond donors (Lipinski definition) is 1. The summed E-state index contributed by atoms with van der Waals surface area (Å²) in [5.41, 5.74) is 5.62. The zero-order valence-corrected chi connectivity index (χ0v) is 13.9. The molecule has 0 aliphatic heterocycles. The summed E-state index contributed by atoms with van der Waals surface area (Å²) >= 11 is 3.53. The van der Waals surface area contributed by atoms with Crippen LogP contribution in [0, 0.1) is 6.92 Å². The Morgan fingerprint density at radius 3 is 2.67 bits per heavy atom. The van der Waals surface area contributed by atoms with Crippen LogP contribution >= 0.6 is 15.9 Å². The summed E-state index contributed by atoms with van der Waals surface area (Å²) in [5, 5.41) is 10.7. The van der Waals surface area contributed by atoms with Gasteiger partial charge >= 0.3 is 0 Å². The van der Waals surface area contributed by atoms with Crippen LogP contribution in [-0.2, 0) is 12.8 Å². The van der Waals surface area contributed by atoms with Gasteiger partial charge in [-0.3, -0.25) is 0 Å². The van der Waals surface area contributed by atoms with Gasteiger partial charge in [0.25, 0.3) is 0 Å². The first-order valence-corrected chi connectivity index (χ1v) is 8.03. The van der Waals surface area contributed by atoms with Crippen LogP contribution in [0.15, 0.2) is 34.8 Å². The third-order valence-corrected chi connectivity index (χ3v) is 5.10. The lowest BCUT2D eigenvalue weighted by Gasteiger charge is -2.17. The van der Waals surface area contributed by atoms with Crippen LogP contribution in [0.1, 0.15) is 40.3 Å². The molecule has 1 N–H and O–H groups in total. The number of fused-ring (bicyclic) bond motifs is 1. The molecule has 21 heavy (non-hydrogen) atoms. The van der Waals surface area contributed by atoms with Gasteiger partial charge in [-0.05, 0) is 60.6 Å². The van der Waals surface area contributed by atoms with Crippen LogP contribution in [0.25, 0.3) is 0 Å². The number of aliphatic hydroxyl groups is 1. The summed E-state index contributed by atoms with van der Waals surface area (Å²) in [5.74, 6) is 0.726. The molecule has 0 heterocycles. The molecule has 3 rings (SSSR count). The smallest absolute Gasteiger partial charge is 0.125 e. The van der Waals surface area contributed by atoms with Crippen LogP contribution in [0.2, 0.25) is 0 Å². The van der Waals surface area contributed by atoms with Crippen molar-refractivity contribution in [3.05, 3.63) is 62.6 Å². The first-order chi connectivity index (χ1) is 10.1.